The van der Waals surface area contributed by atoms with E-state index >= 15 is 0 Å². The van der Waals surface area contributed by atoms with Crippen LogP contribution in [0.15, 0.2) is 33.7 Å². The molecule has 134 valence electrons. The molecule has 3 rings (SSSR count). The lowest BCUT2D eigenvalue weighted by Gasteiger charge is -2.23. The average molecular weight is 355 g/mol. The summed E-state index contributed by atoms with van der Waals surface area (Å²) in [4.78, 5) is 26.0. The first-order valence-electron chi connectivity index (χ1n) is 7.76. The summed E-state index contributed by atoms with van der Waals surface area (Å²) in [5.74, 6) is 0.109. The summed E-state index contributed by atoms with van der Waals surface area (Å²) in [6.07, 6.45) is -2.15. The fourth-order valence-corrected chi connectivity index (χ4v) is 3.01. The van der Waals surface area contributed by atoms with Gasteiger partial charge in [0.15, 0.2) is 5.76 Å². The molecule has 1 saturated heterocycles. The van der Waals surface area contributed by atoms with Crippen LogP contribution >= 0.6 is 0 Å². The number of carbonyl (C=O) groups is 1. The van der Waals surface area contributed by atoms with Crippen molar-refractivity contribution >= 4 is 5.91 Å². The number of rotatable bonds is 3. The molecular weight excluding hydrogens is 339 g/mol. The molecule has 1 aliphatic heterocycles. The minimum atomic E-state index is -4.75. The fourth-order valence-electron chi connectivity index (χ4n) is 3.01. The van der Waals surface area contributed by atoms with E-state index in [0.717, 1.165) is 17.1 Å². The number of carbonyl (C=O) groups excluding carboxylic acids is 1. The van der Waals surface area contributed by atoms with Gasteiger partial charge in [-0.1, -0.05) is 5.16 Å². The lowest BCUT2D eigenvalue weighted by molar-refractivity contribution is -0.139. The van der Waals surface area contributed by atoms with Gasteiger partial charge in [-0.3, -0.25) is 9.59 Å². The standard InChI is InChI=1S/C16H16F3N3O3/c1-10-8-13(25-20-10)12-5-3-7-22(12)14(23)9-21-6-2-4-11(15(21)24)16(17,18)19/h2,4,6,8,12H,3,5,7,9H2,1H3. The van der Waals surface area contributed by atoms with Crippen molar-refractivity contribution in [3.05, 3.63) is 51.8 Å². The van der Waals surface area contributed by atoms with Crippen molar-refractivity contribution in [3.63, 3.8) is 0 Å². The highest BCUT2D eigenvalue weighted by Gasteiger charge is 2.36. The van der Waals surface area contributed by atoms with Crippen LogP contribution in [0, 0.1) is 6.92 Å². The highest BCUT2D eigenvalue weighted by atomic mass is 19.4. The van der Waals surface area contributed by atoms with Crippen LogP contribution < -0.4 is 5.56 Å². The van der Waals surface area contributed by atoms with Crippen molar-refractivity contribution in [2.24, 2.45) is 0 Å². The normalized spacial score (nSPS) is 17.9. The molecule has 2 aromatic rings. The lowest BCUT2D eigenvalue weighted by Crippen LogP contribution is -2.37. The third-order valence-electron chi connectivity index (χ3n) is 4.18. The molecule has 0 aliphatic carbocycles. The second-order valence-electron chi connectivity index (χ2n) is 5.97. The Kier molecular flexibility index (Phi) is 4.40. The zero-order valence-corrected chi connectivity index (χ0v) is 13.4. The molecule has 25 heavy (non-hydrogen) atoms. The van der Waals surface area contributed by atoms with Crippen molar-refractivity contribution in [3.8, 4) is 0 Å². The second kappa shape index (κ2) is 6.38. The highest BCUT2D eigenvalue weighted by molar-refractivity contribution is 5.76. The van der Waals surface area contributed by atoms with E-state index in [4.69, 9.17) is 4.52 Å². The zero-order chi connectivity index (χ0) is 18.2. The van der Waals surface area contributed by atoms with Crippen molar-refractivity contribution in [1.82, 2.24) is 14.6 Å². The largest absolute Gasteiger partial charge is 0.421 e. The van der Waals surface area contributed by atoms with E-state index in [2.05, 4.69) is 5.16 Å². The Bertz CT molecular complexity index is 841. The van der Waals surface area contributed by atoms with Gasteiger partial charge in [0.05, 0.1) is 11.7 Å². The minimum absolute atomic E-state index is 0.310. The summed E-state index contributed by atoms with van der Waals surface area (Å²) in [6, 6.07) is 3.24. The van der Waals surface area contributed by atoms with Crippen LogP contribution in [0.25, 0.3) is 0 Å². The summed E-state index contributed by atoms with van der Waals surface area (Å²) >= 11 is 0. The van der Waals surface area contributed by atoms with E-state index in [1.54, 1.807) is 13.0 Å². The smallest absolute Gasteiger partial charge is 0.359 e. The molecule has 1 aliphatic rings. The molecule has 0 spiro atoms. The number of aryl methyl sites for hydroxylation is 1. The molecule has 9 heteroatoms. The molecule has 1 unspecified atom stereocenters. The van der Waals surface area contributed by atoms with E-state index in [-0.39, 0.29) is 6.04 Å². The van der Waals surface area contributed by atoms with Gasteiger partial charge in [-0.05, 0) is 31.9 Å². The topological polar surface area (TPSA) is 68.3 Å². The Balaban J connectivity index is 1.82. The van der Waals surface area contributed by atoms with E-state index in [0.29, 0.717) is 30.5 Å². The molecule has 1 amide bonds. The molecule has 0 aromatic carbocycles. The third-order valence-corrected chi connectivity index (χ3v) is 4.18. The number of alkyl halides is 3. The number of likely N-dealkylation sites (tertiary alicyclic amines) is 1. The molecule has 0 bridgehead atoms. The van der Waals surface area contributed by atoms with Crippen LogP contribution in [0.4, 0.5) is 13.2 Å². The number of nitrogens with zero attached hydrogens (tertiary/aromatic N) is 3. The van der Waals surface area contributed by atoms with Crippen molar-refractivity contribution in [1.29, 1.82) is 0 Å². The lowest BCUT2D eigenvalue weighted by atomic mass is 10.1. The summed E-state index contributed by atoms with van der Waals surface area (Å²) in [7, 11) is 0. The van der Waals surface area contributed by atoms with Gasteiger partial charge in [0.25, 0.3) is 5.56 Å². The summed E-state index contributed by atoms with van der Waals surface area (Å²) in [6.45, 7) is 1.76. The monoisotopic (exact) mass is 355 g/mol. The Morgan fingerprint density at radius 3 is 2.84 bits per heavy atom. The first kappa shape index (κ1) is 17.2. The maximum absolute atomic E-state index is 12.8. The van der Waals surface area contributed by atoms with Gasteiger partial charge in [-0.15, -0.1) is 0 Å². The van der Waals surface area contributed by atoms with Gasteiger partial charge >= 0.3 is 6.18 Å². The first-order valence-corrected chi connectivity index (χ1v) is 7.76. The minimum Gasteiger partial charge on any atom is -0.359 e. The molecule has 1 atom stereocenters. The van der Waals surface area contributed by atoms with Crippen molar-refractivity contribution in [2.75, 3.05) is 6.54 Å². The van der Waals surface area contributed by atoms with Crippen LogP contribution in [0.3, 0.4) is 0 Å². The number of pyridine rings is 1. The predicted molar refractivity (Wildman–Crippen MR) is 80.6 cm³/mol. The van der Waals surface area contributed by atoms with Gasteiger partial charge < -0.3 is 14.0 Å². The molecular formula is C16H16F3N3O3. The van der Waals surface area contributed by atoms with Gasteiger partial charge in [0, 0.05) is 18.8 Å². The van der Waals surface area contributed by atoms with Crippen molar-refractivity contribution in [2.45, 2.75) is 38.5 Å². The fraction of sp³-hybridized carbons (Fsp3) is 0.438. The van der Waals surface area contributed by atoms with Gasteiger partial charge in [-0.2, -0.15) is 13.2 Å². The van der Waals surface area contributed by atoms with Crippen LogP contribution in [0.2, 0.25) is 0 Å². The van der Waals surface area contributed by atoms with E-state index in [1.807, 2.05) is 0 Å². The molecule has 2 aromatic heterocycles. The molecule has 0 radical (unpaired) electrons. The van der Waals surface area contributed by atoms with E-state index in [9.17, 15) is 22.8 Å². The molecule has 6 nitrogen and oxygen atoms in total. The molecule has 3 heterocycles. The zero-order valence-electron chi connectivity index (χ0n) is 13.4. The third kappa shape index (κ3) is 3.45. The summed E-state index contributed by atoms with van der Waals surface area (Å²) in [5.41, 5.74) is -1.83. The molecule has 0 N–H and O–H groups in total. The maximum atomic E-state index is 12.8. The van der Waals surface area contributed by atoms with Gasteiger partial charge in [0.1, 0.15) is 12.1 Å². The van der Waals surface area contributed by atoms with Gasteiger partial charge in [0.2, 0.25) is 5.91 Å². The number of amides is 1. The summed E-state index contributed by atoms with van der Waals surface area (Å²) in [5, 5.41) is 3.80. The molecule has 0 saturated carbocycles. The van der Waals surface area contributed by atoms with Crippen LogP contribution in [0.5, 0.6) is 0 Å². The Morgan fingerprint density at radius 1 is 1.44 bits per heavy atom. The van der Waals surface area contributed by atoms with Gasteiger partial charge in [-0.25, -0.2) is 0 Å². The van der Waals surface area contributed by atoms with Crippen LogP contribution in [0.1, 0.15) is 35.9 Å². The highest BCUT2D eigenvalue weighted by Crippen LogP contribution is 2.32. The van der Waals surface area contributed by atoms with Crippen molar-refractivity contribution < 1.29 is 22.5 Å². The maximum Gasteiger partial charge on any atom is 0.421 e. The SMILES string of the molecule is Cc1cc(C2CCCN2C(=O)Cn2cccc(C(F)(F)F)c2=O)on1. The van der Waals surface area contributed by atoms with Crippen LogP contribution in [-0.2, 0) is 17.5 Å². The first-order chi connectivity index (χ1) is 11.8. The number of hydrogen-bond donors (Lipinski definition) is 0. The second-order valence-corrected chi connectivity index (χ2v) is 5.97. The van der Waals surface area contributed by atoms with E-state index < -0.39 is 29.8 Å². The quantitative estimate of drug-likeness (QED) is 0.848. The molecule has 1 fully saturated rings. The summed E-state index contributed by atoms with van der Waals surface area (Å²) < 4.78 is 44.5. The van der Waals surface area contributed by atoms with Crippen LogP contribution in [-0.4, -0.2) is 27.1 Å². The van der Waals surface area contributed by atoms with E-state index in [1.165, 1.54) is 11.1 Å². The average Bonchev–Trinajstić information content (AvgIpc) is 3.16. The predicted octanol–water partition coefficient (Wildman–Crippen LogP) is 2.53. The number of hydrogen-bond acceptors (Lipinski definition) is 4. The Labute approximate surface area is 140 Å². The Morgan fingerprint density at radius 2 is 2.20 bits per heavy atom. The number of aromatic nitrogens is 2. The Hall–Kier alpha value is -2.58. The number of halogens is 3.